The number of primary amides is 2. The average molecular weight is 259 g/mol. The average Bonchev–Trinajstić information content (AvgIpc) is 2.19. The van der Waals surface area contributed by atoms with Crippen molar-refractivity contribution in [3.05, 3.63) is 0 Å². The predicted octanol–water partition coefficient (Wildman–Crippen LogP) is 0.641. The summed E-state index contributed by atoms with van der Waals surface area (Å²) in [5.41, 5.74) is 8.70. The van der Waals surface area contributed by atoms with Crippen molar-refractivity contribution in [1.82, 2.24) is 0 Å². The van der Waals surface area contributed by atoms with Crippen LogP contribution in [-0.4, -0.2) is 37.2 Å². The van der Waals surface area contributed by atoms with Gasteiger partial charge >= 0.3 is 12.2 Å². The number of hydrogen-bond donors (Lipinski definition) is 2. The van der Waals surface area contributed by atoms with Gasteiger partial charge in [0.2, 0.25) is 0 Å². The summed E-state index contributed by atoms with van der Waals surface area (Å²) in [5.74, 6) is 0.0775. The van der Waals surface area contributed by atoms with Crippen molar-refractivity contribution in [2.24, 2.45) is 16.9 Å². The quantitative estimate of drug-likeness (QED) is 0.683. The third-order valence-electron chi connectivity index (χ3n) is 1.61. The maximum absolute atomic E-state index is 10.4. The summed E-state index contributed by atoms with van der Waals surface area (Å²) in [6.07, 6.45) is -1.90. The first-order chi connectivity index (χ1) is 6.95. The summed E-state index contributed by atoms with van der Waals surface area (Å²) < 4.78 is 9.12. The largest absolute Gasteiger partial charge is 0.449 e. The molecule has 15 heavy (non-hydrogen) atoms. The van der Waals surface area contributed by atoms with Gasteiger partial charge in [-0.2, -0.15) is 0 Å². The van der Waals surface area contributed by atoms with Crippen LogP contribution < -0.4 is 11.5 Å². The molecule has 0 radical (unpaired) electrons. The normalized spacial score (nSPS) is 10.8. The van der Waals surface area contributed by atoms with Gasteiger partial charge in [0.15, 0.2) is 0 Å². The van der Waals surface area contributed by atoms with Crippen LogP contribution in [0.2, 0.25) is 0 Å². The van der Waals surface area contributed by atoms with Gasteiger partial charge in [0.1, 0.15) is 13.2 Å². The van der Waals surface area contributed by atoms with Crippen LogP contribution in [0, 0.1) is 5.41 Å². The number of amides is 2. The fourth-order valence-electron chi connectivity index (χ4n) is 0.680. The fraction of sp³-hybridized carbons (Fsp3) is 0.714. The first-order valence-corrected chi connectivity index (χ1v) is 4.99. The molecular weight excluding hydrogens is 247 g/mol. The van der Waals surface area contributed by atoms with E-state index in [0.29, 0.717) is 0 Å². The Morgan fingerprint density at radius 2 is 1.33 bits per heavy atom. The highest BCUT2D eigenvalue weighted by molar-refractivity contribution is 6.21. The summed E-state index contributed by atoms with van der Waals surface area (Å²) >= 11 is 11.3. The Bertz CT molecular complexity index is 213. The molecule has 0 bridgehead atoms. The number of alkyl halides is 2. The molecule has 4 N–H and O–H groups in total. The molecule has 0 unspecified atom stereocenters. The molecule has 0 atom stereocenters. The van der Waals surface area contributed by atoms with Gasteiger partial charge in [-0.3, -0.25) is 0 Å². The Morgan fingerprint density at radius 1 is 1.00 bits per heavy atom. The zero-order chi connectivity index (χ0) is 11.9. The summed E-state index contributed by atoms with van der Waals surface area (Å²) in [7, 11) is 0. The number of carbonyl (C=O) groups is 2. The van der Waals surface area contributed by atoms with Gasteiger partial charge < -0.3 is 20.9 Å². The maximum atomic E-state index is 10.4. The first kappa shape index (κ1) is 14.1. The Hall–Kier alpha value is -0.880. The van der Waals surface area contributed by atoms with Crippen molar-refractivity contribution in [2.45, 2.75) is 0 Å². The zero-order valence-electron chi connectivity index (χ0n) is 7.87. The monoisotopic (exact) mass is 258 g/mol. The van der Waals surface area contributed by atoms with E-state index in [1.165, 1.54) is 0 Å². The molecule has 0 aromatic heterocycles. The lowest BCUT2D eigenvalue weighted by atomic mass is 9.95. The molecule has 0 aromatic rings. The predicted molar refractivity (Wildman–Crippen MR) is 54.9 cm³/mol. The Labute approximate surface area is 96.8 Å². The number of hydrogen-bond acceptors (Lipinski definition) is 4. The van der Waals surface area contributed by atoms with Crippen molar-refractivity contribution in [2.75, 3.05) is 25.0 Å². The van der Waals surface area contributed by atoms with Crippen molar-refractivity contribution >= 4 is 35.4 Å². The second kappa shape index (κ2) is 6.58. The Morgan fingerprint density at radius 3 is 1.53 bits per heavy atom. The lowest BCUT2D eigenvalue weighted by Crippen LogP contribution is -2.39. The molecule has 0 fully saturated rings. The van der Waals surface area contributed by atoms with Gasteiger partial charge in [-0.1, -0.05) is 0 Å². The van der Waals surface area contributed by atoms with Gasteiger partial charge in [-0.15, -0.1) is 23.2 Å². The molecule has 8 heteroatoms. The molecule has 0 saturated carbocycles. The van der Waals surface area contributed by atoms with E-state index in [2.05, 4.69) is 9.47 Å². The van der Waals surface area contributed by atoms with E-state index < -0.39 is 17.6 Å². The Balaban J connectivity index is 4.29. The molecule has 0 spiro atoms. The minimum atomic E-state index is -0.950. The topological polar surface area (TPSA) is 105 Å². The highest BCUT2D eigenvalue weighted by Crippen LogP contribution is 2.22. The van der Waals surface area contributed by atoms with E-state index >= 15 is 0 Å². The van der Waals surface area contributed by atoms with E-state index in [1.807, 2.05) is 0 Å². The summed E-state index contributed by atoms with van der Waals surface area (Å²) in [6, 6.07) is 0. The number of ether oxygens (including phenoxy) is 2. The molecule has 88 valence electrons. The fourth-order valence-corrected chi connectivity index (χ4v) is 1.27. The van der Waals surface area contributed by atoms with Crippen molar-refractivity contribution in [3.63, 3.8) is 0 Å². The molecule has 0 aliphatic heterocycles. The molecule has 0 aromatic carbocycles. The van der Waals surface area contributed by atoms with Crippen LogP contribution in [0.3, 0.4) is 0 Å². The number of rotatable bonds is 6. The van der Waals surface area contributed by atoms with Gasteiger partial charge in [0, 0.05) is 11.8 Å². The lowest BCUT2D eigenvalue weighted by molar-refractivity contribution is 0.0568. The van der Waals surface area contributed by atoms with Crippen LogP contribution in [0.15, 0.2) is 0 Å². The van der Waals surface area contributed by atoms with Gasteiger partial charge in [-0.05, 0) is 0 Å². The molecule has 0 saturated heterocycles. The molecular formula is C7H12Cl2N2O4. The molecule has 0 aliphatic carbocycles. The first-order valence-electron chi connectivity index (χ1n) is 3.92. The summed E-state index contributed by atoms with van der Waals surface area (Å²) in [6.45, 7) is -0.273. The maximum Gasteiger partial charge on any atom is 0.404 e. The van der Waals surface area contributed by atoms with Crippen LogP contribution in [0.5, 0.6) is 0 Å². The molecule has 0 aliphatic rings. The van der Waals surface area contributed by atoms with Crippen molar-refractivity contribution in [3.8, 4) is 0 Å². The molecule has 2 amide bonds. The van der Waals surface area contributed by atoms with Crippen LogP contribution in [-0.2, 0) is 9.47 Å². The molecule has 6 nitrogen and oxygen atoms in total. The van der Waals surface area contributed by atoms with Crippen LogP contribution in [0.1, 0.15) is 0 Å². The number of nitrogens with two attached hydrogens (primary N) is 2. The van der Waals surface area contributed by atoms with E-state index in [1.54, 1.807) is 0 Å². The molecule has 0 heterocycles. The van der Waals surface area contributed by atoms with E-state index in [-0.39, 0.29) is 25.0 Å². The second-order valence-corrected chi connectivity index (χ2v) is 3.52. The zero-order valence-corrected chi connectivity index (χ0v) is 9.38. The smallest absolute Gasteiger partial charge is 0.404 e. The number of carbonyl (C=O) groups excluding carboxylic acids is 2. The highest BCUT2D eigenvalue weighted by atomic mass is 35.5. The van der Waals surface area contributed by atoms with E-state index in [9.17, 15) is 9.59 Å². The SMILES string of the molecule is NC(=O)OCC(CCl)(CCl)COC(N)=O. The van der Waals surface area contributed by atoms with Gasteiger partial charge in [0.25, 0.3) is 0 Å². The summed E-state index contributed by atoms with van der Waals surface area (Å²) in [4.78, 5) is 20.8. The van der Waals surface area contributed by atoms with Crippen molar-refractivity contribution in [1.29, 1.82) is 0 Å². The van der Waals surface area contributed by atoms with Crippen LogP contribution in [0.4, 0.5) is 9.59 Å². The van der Waals surface area contributed by atoms with E-state index in [4.69, 9.17) is 34.7 Å². The second-order valence-electron chi connectivity index (χ2n) is 2.98. The van der Waals surface area contributed by atoms with E-state index in [0.717, 1.165) is 0 Å². The summed E-state index contributed by atoms with van der Waals surface area (Å²) in [5, 5.41) is 0. The minimum absolute atomic E-state index is 0.0388. The number of halogens is 2. The van der Waals surface area contributed by atoms with Gasteiger partial charge in [-0.25, -0.2) is 9.59 Å². The standard InChI is InChI=1S/C7H12Cl2N2O4/c8-1-7(2-9,3-14-5(10)12)4-15-6(11)13/h1-4H2,(H2,10,12)(H2,11,13). The minimum Gasteiger partial charge on any atom is -0.449 e. The van der Waals surface area contributed by atoms with Crippen LogP contribution >= 0.6 is 23.2 Å². The molecule has 0 rings (SSSR count). The van der Waals surface area contributed by atoms with Crippen LogP contribution in [0.25, 0.3) is 0 Å². The lowest BCUT2D eigenvalue weighted by Gasteiger charge is -2.27. The van der Waals surface area contributed by atoms with Crippen molar-refractivity contribution < 1.29 is 19.1 Å². The third kappa shape index (κ3) is 5.54. The van der Waals surface area contributed by atoms with Gasteiger partial charge in [0.05, 0.1) is 5.41 Å². The third-order valence-corrected chi connectivity index (χ3v) is 2.74. The highest BCUT2D eigenvalue weighted by Gasteiger charge is 2.32. The Kier molecular flexibility index (Phi) is 6.19.